The molecule has 3 aromatic carbocycles. The van der Waals surface area contributed by atoms with Gasteiger partial charge in [-0.25, -0.2) is 4.79 Å². The molecule has 1 saturated heterocycles. The van der Waals surface area contributed by atoms with E-state index in [-0.39, 0.29) is 17.8 Å². The number of nitrogens with one attached hydrogen (secondary N) is 1. The Labute approximate surface area is 186 Å². The first-order chi connectivity index (χ1) is 15.6. The van der Waals surface area contributed by atoms with Gasteiger partial charge in [0.25, 0.3) is 11.8 Å². The van der Waals surface area contributed by atoms with Crippen molar-refractivity contribution < 1.29 is 14.4 Å². The predicted octanol–water partition coefficient (Wildman–Crippen LogP) is 3.29. The van der Waals surface area contributed by atoms with Crippen LogP contribution in [0.1, 0.15) is 20.7 Å². The normalized spacial score (nSPS) is 16.5. The van der Waals surface area contributed by atoms with Crippen LogP contribution >= 0.6 is 0 Å². The minimum absolute atomic E-state index is 0.109. The smallest absolute Gasteiger partial charge is 0.321 e. The highest BCUT2D eigenvalue weighted by Crippen LogP contribution is 2.29. The fraction of sp³-hybridized carbons (Fsp3) is 0.240. The molecule has 32 heavy (non-hydrogen) atoms. The summed E-state index contributed by atoms with van der Waals surface area (Å²) in [4.78, 5) is 43.9. The van der Waals surface area contributed by atoms with E-state index in [0.717, 1.165) is 16.5 Å². The second-order valence-corrected chi connectivity index (χ2v) is 8.10. The van der Waals surface area contributed by atoms with Gasteiger partial charge in [0, 0.05) is 61.5 Å². The highest BCUT2D eigenvalue weighted by atomic mass is 16.2. The summed E-state index contributed by atoms with van der Waals surface area (Å²) >= 11 is 0. The molecule has 0 aliphatic carbocycles. The molecular weight excluding hydrogens is 404 g/mol. The van der Waals surface area contributed by atoms with Crippen LogP contribution in [0.5, 0.6) is 0 Å². The van der Waals surface area contributed by atoms with Gasteiger partial charge in [0.1, 0.15) is 0 Å². The first-order valence-electron chi connectivity index (χ1n) is 10.8. The number of hydrogen-bond donors (Lipinski definition) is 1. The zero-order valence-electron chi connectivity index (χ0n) is 17.7. The molecule has 0 radical (unpaired) electrons. The molecule has 3 aromatic rings. The lowest BCUT2D eigenvalue weighted by molar-refractivity contribution is 0.0581. The SMILES string of the molecule is O=C(Nc1ccccc1)N1CCN(CCN2C(=O)c3cccc4cccc(c34)C2=O)CC1. The number of rotatable bonds is 4. The Morgan fingerprint density at radius 1 is 0.750 bits per heavy atom. The number of nitrogens with zero attached hydrogens (tertiary/aromatic N) is 3. The van der Waals surface area contributed by atoms with Crippen molar-refractivity contribution in [3.05, 3.63) is 77.9 Å². The lowest BCUT2D eigenvalue weighted by Gasteiger charge is -2.36. The highest BCUT2D eigenvalue weighted by Gasteiger charge is 2.33. The summed E-state index contributed by atoms with van der Waals surface area (Å²) in [6.45, 7) is 3.52. The molecule has 0 spiro atoms. The van der Waals surface area contributed by atoms with Crippen LogP contribution in [0.2, 0.25) is 0 Å². The molecule has 0 aromatic heterocycles. The number of para-hydroxylation sites is 1. The van der Waals surface area contributed by atoms with Crippen molar-refractivity contribution in [2.75, 3.05) is 44.6 Å². The van der Waals surface area contributed by atoms with Crippen LogP contribution in [0.3, 0.4) is 0 Å². The summed E-state index contributed by atoms with van der Waals surface area (Å²) in [5.74, 6) is -0.472. The van der Waals surface area contributed by atoms with Gasteiger partial charge in [-0.15, -0.1) is 0 Å². The van der Waals surface area contributed by atoms with Gasteiger partial charge in [0.15, 0.2) is 0 Å². The maximum atomic E-state index is 13.0. The third-order valence-corrected chi connectivity index (χ3v) is 6.18. The Hall–Kier alpha value is -3.71. The van der Waals surface area contributed by atoms with Crippen molar-refractivity contribution in [2.45, 2.75) is 0 Å². The molecule has 2 aliphatic heterocycles. The highest BCUT2D eigenvalue weighted by molar-refractivity contribution is 6.25. The second kappa shape index (κ2) is 8.43. The standard InChI is InChI=1S/C25H24N4O3/c30-23-20-10-4-6-18-7-5-11-21(22(18)20)24(31)29(23)17-14-27-12-15-28(16-13-27)25(32)26-19-8-2-1-3-9-19/h1-11H,12-17H2,(H,26,32). The Balaban J connectivity index is 1.19. The zero-order valence-corrected chi connectivity index (χ0v) is 17.7. The van der Waals surface area contributed by atoms with E-state index in [0.29, 0.717) is 50.4 Å². The fourth-order valence-corrected chi connectivity index (χ4v) is 4.42. The van der Waals surface area contributed by atoms with Crippen LogP contribution in [0.25, 0.3) is 10.8 Å². The van der Waals surface area contributed by atoms with E-state index >= 15 is 0 Å². The first-order valence-corrected chi connectivity index (χ1v) is 10.8. The predicted molar refractivity (Wildman–Crippen MR) is 123 cm³/mol. The van der Waals surface area contributed by atoms with Gasteiger partial charge in [0.05, 0.1) is 0 Å². The van der Waals surface area contributed by atoms with Crippen LogP contribution in [0.4, 0.5) is 10.5 Å². The molecule has 1 N–H and O–H groups in total. The van der Waals surface area contributed by atoms with Crippen LogP contribution < -0.4 is 5.32 Å². The number of anilines is 1. The Bertz CT molecular complexity index is 1140. The molecule has 4 amide bonds. The number of imide groups is 1. The van der Waals surface area contributed by atoms with Gasteiger partial charge >= 0.3 is 6.03 Å². The average Bonchev–Trinajstić information content (AvgIpc) is 2.83. The molecule has 2 aliphatic rings. The Morgan fingerprint density at radius 3 is 2.00 bits per heavy atom. The third kappa shape index (κ3) is 3.71. The molecule has 1 fully saturated rings. The Kier molecular flexibility index (Phi) is 5.33. The lowest BCUT2D eigenvalue weighted by atomic mass is 9.94. The van der Waals surface area contributed by atoms with Gasteiger partial charge in [-0.2, -0.15) is 0 Å². The largest absolute Gasteiger partial charge is 0.322 e. The van der Waals surface area contributed by atoms with Crippen molar-refractivity contribution in [3.8, 4) is 0 Å². The minimum Gasteiger partial charge on any atom is -0.322 e. The average molecular weight is 428 g/mol. The van der Waals surface area contributed by atoms with Crippen molar-refractivity contribution >= 4 is 34.3 Å². The summed E-state index contributed by atoms with van der Waals surface area (Å²) in [7, 11) is 0. The van der Waals surface area contributed by atoms with Crippen LogP contribution in [-0.4, -0.2) is 71.8 Å². The summed E-state index contributed by atoms with van der Waals surface area (Å²) in [6, 6.07) is 20.4. The molecule has 2 heterocycles. The fourth-order valence-electron chi connectivity index (χ4n) is 4.42. The van der Waals surface area contributed by atoms with Crippen LogP contribution in [0, 0.1) is 0 Å². The molecule has 0 saturated carbocycles. The molecule has 0 bridgehead atoms. The molecular formula is C25H24N4O3. The Morgan fingerprint density at radius 2 is 1.38 bits per heavy atom. The number of urea groups is 1. The monoisotopic (exact) mass is 428 g/mol. The van der Waals surface area contributed by atoms with E-state index in [1.165, 1.54) is 4.90 Å². The van der Waals surface area contributed by atoms with Crippen molar-refractivity contribution in [2.24, 2.45) is 0 Å². The summed E-state index contributed by atoms with van der Waals surface area (Å²) in [5.41, 5.74) is 1.94. The van der Waals surface area contributed by atoms with Crippen LogP contribution in [0.15, 0.2) is 66.7 Å². The molecule has 7 nitrogen and oxygen atoms in total. The quantitative estimate of drug-likeness (QED) is 0.648. The molecule has 162 valence electrons. The van der Waals surface area contributed by atoms with E-state index in [1.54, 1.807) is 17.0 Å². The number of piperazine rings is 1. The van der Waals surface area contributed by atoms with E-state index < -0.39 is 0 Å². The molecule has 0 atom stereocenters. The second-order valence-electron chi connectivity index (χ2n) is 8.10. The molecule has 7 heteroatoms. The van der Waals surface area contributed by atoms with Crippen LogP contribution in [-0.2, 0) is 0 Å². The lowest BCUT2D eigenvalue weighted by Crippen LogP contribution is -2.52. The topological polar surface area (TPSA) is 73.0 Å². The number of amides is 4. The number of carbonyl (C=O) groups is 3. The summed E-state index contributed by atoms with van der Waals surface area (Å²) in [5, 5.41) is 4.57. The third-order valence-electron chi connectivity index (χ3n) is 6.18. The van der Waals surface area contributed by atoms with Gasteiger partial charge in [-0.05, 0) is 29.7 Å². The van der Waals surface area contributed by atoms with E-state index in [4.69, 9.17) is 0 Å². The van der Waals surface area contributed by atoms with E-state index in [2.05, 4.69) is 10.2 Å². The summed E-state index contributed by atoms with van der Waals surface area (Å²) < 4.78 is 0. The van der Waals surface area contributed by atoms with Gasteiger partial charge in [-0.3, -0.25) is 19.4 Å². The van der Waals surface area contributed by atoms with Gasteiger partial charge in [0.2, 0.25) is 0 Å². The molecule has 5 rings (SSSR count). The van der Waals surface area contributed by atoms with E-state index in [1.807, 2.05) is 54.6 Å². The zero-order chi connectivity index (χ0) is 22.1. The summed E-state index contributed by atoms with van der Waals surface area (Å²) in [6.07, 6.45) is 0. The maximum Gasteiger partial charge on any atom is 0.321 e. The maximum absolute atomic E-state index is 13.0. The molecule has 0 unspecified atom stereocenters. The van der Waals surface area contributed by atoms with Gasteiger partial charge in [-0.1, -0.05) is 42.5 Å². The number of hydrogen-bond acceptors (Lipinski definition) is 4. The van der Waals surface area contributed by atoms with Crippen molar-refractivity contribution in [3.63, 3.8) is 0 Å². The van der Waals surface area contributed by atoms with E-state index in [9.17, 15) is 14.4 Å². The van der Waals surface area contributed by atoms with Gasteiger partial charge < -0.3 is 10.2 Å². The first kappa shape index (κ1) is 20.2. The van der Waals surface area contributed by atoms with Crippen molar-refractivity contribution in [1.82, 2.24) is 14.7 Å². The number of benzene rings is 3. The minimum atomic E-state index is -0.236. The number of carbonyl (C=O) groups excluding carboxylic acids is 3. The van der Waals surface area contributed by atoms with Crippen molar-refractivity contribution in [1.29, 1.82) is 0 Å².